The van der Waals surface area contributed by atoms with Gasteiger partial charge in [0.15, 0.2) is 5.78 Å². The second kappa shape index (κ2) is 7.80. The SMILES string of the molecule is O=C/C=C/Cc1ccccc1NCC(=O)c1ccccc1. The molecule has 2 rings (SSSR count). The fourth-order valence-corrected chi connectivity index (χ4v) is 2.02. The summed E-state index contributed by atoms with van der Waals surface area (Å²) in [6, 6.07) is 17.0. The molecule has 0 unspecified atom stereocenters. The molecule has 0 radical (unpaired) electrons. The molecule has 0 spiro atoms. The van der Waals surface area contributed by atoms with Crippen molar-refractivity contribution in [3.8, 4) is 0 Å². The molecule has 2 aromatic carbocycles. The van der Waals surface area contributed by atoms with Crippen LogP contribution in [0, 0.1) is 0 Å². The van der Waals surface area contributed by atoms with Gasteiger partial charge in [-0.1, -0.05) is 54.6 Å². The number of para-hydroxylation sites is 1. The Bertz CT molecular complexity index is 633. The van der Waals surface area contributed by atoms with Crippen molar-refractivity contribution in [1.82, 2.24) is 0 Å². The number of aldehydes is 1. The van der Waals surface area contributed by atoms with E-state index >= 15 is 0 Å². The van der Waals surface area contributed by atoms with E-state index < -0.39 is 0 Å². The van der Waals surface area contributed by atoms with Crippen LogP contribution in [0.15, 0.2) is 66.7 Å². The van der Waals surface area contributed by atoms with Crippen molar-refractivity contribution in [2.24, 2.45) is 0 Å². The maximum atomic E-state index is 12.1. The summed E-state index contributed by atoms with van der Waals surface area (Å²) in [6.07, 6.45) is 4.69. The average molecular weight is 279 g/mol. The van der Waals surface area contributed by atoms with Gasteiger partial charge < -0.3 is 5.32 Å². The van der Waals surface area contributed by atoms with Crippen LogP contribution in [0.2, 0.25) is 0 Å². The summed E-state index contributed by atoms with van der Waals surface area (Å²) >= 11 is 0. The number of Topliss-reactive ketones (excluding diaryl/α,β-unsaturated/α-hetero) is 1. The molecule has 21 heavy (non-hydrogen) atoms. The molecule has 0 atom stereocenters. The van der Waals surface area contributed by atoms with Crippen molar-refractivity contribution in [2.75, 3.05) is 11.9 Å². The Kier molecular flexibility index (Phi) is 5.47. The van der Waals surface area contributed by atoms with Crippen LogP contribution in [-0.2, 0) is 11.2 Å². The maximum absolute atomic E-state index is 12.1. The first-order valence-electron chi connectivity index (χ1n) is 6.81. The number of benzene rings is 2. The zero-order valence-electron chi connectivity index (χ0n) is 11.7. The number of carbonyl (C=O) groups excluding carboxylic acids is 2. The molecule has 0 fully saturated rings. The molecule has 0 bridgehead atoms. The van der Waals surface area contributed by atoms with Crippen molar-refractivity contribution in [1.29, 1.82) is 0 Å². The van der Waals surface area contributed by atoms with Crippen molar-refractivity contribution in [3.63, 3.8) is 0 Å². The average Bonchev–Trinajstić information content (AvgIpc) is 2.54. The van der Waals surface area contributed by atoms with Crippen molar-refractivity contribution in [2.45, 2.75) is 6.42 Å². The minimum Gasteiger partial charge on any atom is -0.377 e. The predicted octanol–water partition coefficient (Wildman–Crippen LogP) is 3.28. The fourth-order valence-electron chi connectivity index (χ4n) is 2.02. The second-order valence-electron chi connectivity index (χ2n) is 4.57. The van der Waals surface area contributed by atoms with Crippen LogP contribution >= 0.6 is 0 Å². The molecule has 0 amide bonds. The van der Waals surface area contributed by atoms with E-state index in [0.29, 0.717) is 12.0 Å². The summed E-state index contributed by atoms with van der Waals surface area (Å²) in [5.74, 6) is 0.0498. The highest BCUT2D eigenvalue weighted by molar-refractivity contribution is 5.99. The highest BCUT2D eigenvalue weighted by Gasteiger charge is 2.06. The van der Waals surface area contributed by atoms with Gasteiger partial charge in [-0.05, 0) is 24.1 Å². The lowest BCUT2D eigenvalue weighted by Crippen LogP contribution is -2.14. The molecule has 3 heteroatoms. The van der Waals surface area contributed by atoms with E-state index in [1.54, 1.807) is 6.08 Å². The van der Waals surface area contributed by atoms with E-state index in [1.807, 2.05) is 54.6 Å². The first-order chi connectivity index (χ1) is 10.3. The van der Waals surface area contributed by atoms with Gasteiger partial charge in [-0.25, -0.2) is 0 Å². The van der Waals surface area contributed by atoms with Gasteiger partial charge in [0.1, 0.15) is 6.29 Å². The highest BCUT2D eigenvalue weighted by Crippen LogP contribution is 2.16. The summed E-state index contributed by atoms with van der Waals surface area (Å²) in [4.78, 5) is 22.4. The standard InChI is InChI=1S/C18H17NO2/c20-13-7-6-9-15-8-4-5-12-17(15)19-14-18(21)16-10-2-1-3-11-16/h1-8,10-13,19H,9,14H2/b7-6+. The molecular formula is C18H17NO2. The van der Waals surface area contributed by atoms with E-state index in [4.69, 9.17) is 0 Å². The Hall–Kier alpha value is -2.68. The number of ketones is 1. The molecule has 0 aliphatic rings. The van der Waals surface area contributed by atoms with Crippen LogP contribution in [-0.4, -0.2) is 18.6 Å². The third-order valence-electron chi connectivity index (χ3n) is 3.10. The lowest BCUT2D eigenvalue weighted by Gasteiger charge is -2.10. The third-order valence-corrected chi connectivity index (χ3v) is 3.10. The zero-order valence-corrected chi connectivity index (χ0v) is 11.7. The molecule has 0 aliphatic carbocycles. The van der Waals surface area contributed by atoms with Gasteiger partial charge in [-0.15, -0.1) is 0 Å². The first kappa shape index (κ1) is 14.7. The van der Waals surface area contributed by atoms with Crippen LogP contribution in [0.4, 0.5) is 5.69 Å². The Balaban J connectivity index is 2.01. The predicted molar refractivity (Wildman–Crippen MR) is 84.6 cm³/mol. The Morgan fingerprint density at radius 1 is 1.00 bits per heavy atom. The van der Waals surface area contributed by atoms with Crippen LogP contribution in [0.1, 0.15) is 15.9 Å². The van der Waals surface area contributed by atoms with E-state index in [0.717, 1.165) is 17.5 Å². The minimum absolute atomic E-state index is 0.0498. The zero-order chi connectivity index (χ0) is 14.9. The summed E-state index contributed by atoms with van der Waals surface area (Å²) in [6.45, 7) is 0.248. The number of allylic oxidation sites excluding steroid dienone is 2. The third kappa shape index (κ3) is 4.42. The van der Waals surface area contributed by atoms with Crippen molar-refractivity contribution >= 4 is 17.8 Å². The Morgan fingerprint density at radius 3 is 2.48 bits per heavy atom. The number of hydrogen-bond acceptors (Lipinski definition) is 3. The van der Waals surface area contributed by atoms with E-state index in [9.17, 15) is 9.59 Å². The molecule has 1 N–H and O–H groups in total. The number of hydrogen-bond donors (Lipinski definition) is 1. The summed E-state index contributed by atoms with van der Waals surface area (Å²) in [7, 11) is 0. The molecule has 106 valence electrons. The quantitative estimate of drug-likeness (QED) is 0.480. The molecule has 0 aliphatic heterocycles. The first-order valence-corrected chi connectivity index (χ1v) is 6.81. The number of anilines is 1. The molecule has 2 aromatic rings. The van der Waals surface area contributed by atoms with Gasteiger partial charge >= 0.3 is 0 Å². The summed E-state index contributed by atoms with van der Waals surface area (Å²) < 4.78 is 0. The molecule has 0 aromatic heterocycles. The van der Waals surface area contributed by atoms with E-state index in [-0.39, 0.29) is 12.3 Å². The van der Waals surface area contributed by atoms with Crippen molar-refractivity contribution in [3.05, 3.63) is 77.9 Å². The summed E-state index contributed by atoms with van der Waals surface area (Å²) in [5, 5.41) is 3.17. The van der Waals surface area contributed by atoms with E-state index in [2.05, 4.69) is 5.32 Å². The molecule has 0 saturated heterocycles. The van der Waals surface area contributed by atoms with Crippen LogP contribution in [0.3, 0.4) is 0 Å². The fraction of sp³-hybridized carbons (Fsp3) is 0.111. The number of rotatable bonds is 7. The maximum Gasteiger partial charge on any atom is 0.181 e. The Morgan fingerprint density at radius 2 is 1.71 bits per heavy atom. The van der Waals surface area contributed by atoms with Gasteiger partial charge in [-0.2, -0.15) is 0 Å². The topological polar surface area (TPSA) is 46.2 Å². The van der Waals surface area contributed by atoms with E-state index in [1.165, 1.54) is 6.08 Å². The van der Waals surface area contributed by atoms with Gasteiger partial charge in [0.25, 0.3) is 0 Å². The van der Waals surface area contributed by atoms with Crippen LogP contribution in [0.5, 0.6) is 0 Å². The van der Waals surface area contributed by atoms with Gasteiger partial charge in [0.2, 0.25) is 0 Å². The highest BCUT2D eigenvalue weighted by atomic mass is 16.1. The smallest absolute Gasteiger partial charge is 0.181 e. The lowest BCUT2D eigenvalue weighted by molar-refractivity contribution is -0.104. The number of carbonyl (C=O) groups is 2. The number of nitrogens with one attached hydrogen (secondary N) is 1. The largest absolute Gasteiger partial charge is 0.377 e. The van der Waals surface area contributed by atoms with Gasteiger partial charge in [0, 0.05) is 11.3 Å². The monoisotopic (exact) mass is 279 g/mol. The normalized spacial score (nSPS) is 10.5. The minimum atomic E-state index is 0.0498. The second-order valence-corrected chi connectivity index (χ2v) is 4.57. The van der Waals surface area contributed by atoms with Crippen LogP contribution < -0.4 is 5.32 Å². The van der Waals surface area contributed by atoms with Gasteiger partial charge in [-0.3, -0.25) is 9.59 Å². The molecule has 0 heterocycles. The van der Waals surface area contributed by atoms with Gasteiger partial charge in [0.05, 0.1) is 6.54 Å². The Labute approximate surface area is 124 Å². The lowest BCUT2D eigenvalue weighted by atomic mass is 10.1. The molecular weight excluding hydrogens is 262 g/mol. The summed E-state index contributed by atoms with van der Waals surface area (Å²) in [5.41, 5.74) is 2.66. The van der Waals surface area contributed by atoms with Crippen molar-refractivity contribution < 1.29 is 9.59 Å². The molecule has 3 nitrogen and oxygen atoms in total. The molecule has 0 saturated carbocycles. The van der Waals surface area contributed by atoms with Crippen LogP contribution in [0.25, 0.3) is 0 Å².